The third-order valence-corrected chi connectivity index (χ3v) is 7.08. The number of amides is 1. The number of carbonyl (C=O) groups excluding carboxylic acids is 1. The normalized spacial score (nSPS) is 12.5. The van der Waals surface area contributed by atoms with Crippen molar-refractivity contribution in [1.82, 2.24) is 9.44 Å². The smallest absolute Gasteiger partial charge is 0.240 e. The average molecular weight is 420 g/mol. The van der Waals surface area contributed by atoms with Gasteiger partial charge in [-0.2, -0.15) is 0 Å². The molecule has 0 radical (unpaired) electrons. The van der Waals surface area contributed by atoms with Gasteiger partial charge in [0.25, 0.3) is 0 Å². The van der Waals surface area contributed by atoms with E-state index in [-0.39, 0.29) is 29.8 Å². The highest BCUT2D eigenvalue weighted by atomic mass is 32.2. The number of anilines is 1. The summed E-state index contributed by atoms with van der Waals surface area (Å²) in [6, 6.07) is 5.80. The zero-order valence-corrected chi connectivity index (χ0v) is 17.8. The summed E-state index contributed by atoms with van der Waals surface area (Å²) in [6.07, 6.45) is 1.26. The van der Waals surface area contributed by atoms with Crippen molar-refractivity contribution in [2.45, 2.75) is 63.1 Å². The SMILES string of the molecule is CC(C)NS(=O)(=O)c1cccc(NC(=O)CCCCNS(=O)(=O)C(C)C)c1. The monoisotopic (exact) mass is 419 g/mol. The van der Waals surface area contributed by atoms with E-state index in [0.29, 0.717) is 18.5 Å². The van der Waals surface area contributed by atoms with Gasteiger partial charge in [0.1, 0.15) is 0 Å². The first-order chi connectivity index (χ1) is 12.4. The minimum Gasteiger partial charge on any atom is -0.326 e. The molecule has 0 aliphatic heterocycles. The van der Waals surface area contributed by atoms with Gasteiger partial charge in [-0.15, -0.1) is 0 Å². The molecule has 3 N–H and O–H groups in total. The van der Waals surface area contributed by atoms with Gasteiger partial charge in [-0.1, -0.05) is 6.07 Å². The fraction of sp³-hybridized carbons (Fsp3) is 0.588. The summed E-state index contributed by atoms with van der Waals surface area (Å²) >= 11 is 0. The molecule has 0 atom stereocenters. The molecule has 1 aromatic rings. The summed E-state index contributed by atoms with van der Waals surface area (Å²) < 4.78 is 52.5. The Morgan fingerprint density at radius 3 is 2.30 bits per heavy atom. The van der Waals surface area contributed by atoms with Gasteiger partial charge >= 0.3 is 0 Å². The summed E-state index contributed by atoms with van der Waals surface area (Å²) in [5.41, 5.74) is 0.396. The highest BCUT2D eigenvalue weighted by Crippen LogP contribution is 2.16. The molecule has 0 aliphatic carbocycles. The first-order valence-corrected chi connectivity index (χ1v) is 11.9. The van der Waals surface area contributed by atoms with E-state index in [1.54, 1.807) is 39.8 Å². The van der Waals surface area contributed by atoms with Gasteiger partial charge in [-0.25, -0.2) is 26.3 Å². The van der Waals surface area contributed by atoms with Crippen molar-refractivity contribution in [2.24, 2.45) is 0 Å². The maximum Gasteiger partial charge on any atom is 0.240 e. The number of unbranched alkanes of at least 4 members (excludes halogenated alkanes) is 1. The van der Waals surface area contributed by atoms with Gasteiger partial charge in [0, 0.05) is 24.7 Å². The Morgan fingerprint density at radius 2 is 1.70 bits per heavy atom. The van der Waals surface area contributed by atoms with Crippen molar-refractivity contribution >= 4 is 31.6 Å². The molecule has 0 aliphatic rings. The minimum atomic E-state index is -3.63. The van der Waals surface area contributed by atoms with Gasteiger partial charge in [0.15, 0.2) is 0 Å². The maximum atomic E-state index is 12.2. The Bertz CT molecular complexity index is 834. The van der Waals surface area contributed by atoms with Gasteiger partial charge in [-0.05, 0) is 58.7 Å². The van der Waals surface area contributed by atoms with E-state index < -0.39 is 25.3 Å². The number of benzene rings is 1. The van der Waals surface area contributed by atoms with Crippen molar-refractivity contribution in [3.8, 4) is 0 Å². The number of carbonyl (C=O) groups is 1. The Balaban J connectivity index is 2.51. The molecule has 0 aromatic heterocycles. The molecule has 10 heteroatoms. The number of nitrogens with one attached hydrogen (secondary N) is 3. The van der Waals surface area contributed by atoms with Crippen LogP contribution >= 0.6 is 0 Å². The van der Waals surface area contributed by atoms with Crippen LogP contribution in [0.25, 0.3) is 0 Å². The Hall–Kier alpha value is -1.49. The molecule has 1 rings (SSSR count). The van der Waals surface area contributed by atoms with E-state index in [1.807, 2.05) is 0 Å². The molecule has 1 amide bonds. The van der Waals surface area contributed by atoms with Gasteiger partial charge in [0.2, 0.25) is 26.0 Å². The standard InChI is InChI=1S/C17H29N3O5S2/c1-13(2)20-27(24,25)16-9-7-8-15(12-16)19-17(21)10-5-6-11-18-26(22,23)14(3)4/h7-9,12-14,18,20H,5-6,10-11H2,1-4H3,(H,19,21). The summed E-state index contributed by atoms with van der Waals surface area (Å²) in [5, 5.41) is 2.17. The van der Waals surface area contributed by atoms with Crippen LogP contribution in [-0.2, 0) is 24.8 Å². The Kier molecular flexibility index (Phi) is 8.86. The Labute approximate surface area is 162 Å². The average Bonchev–Trinajstić information content (AvgIpc) is 2.53. The van der Waals surface area contributed by atoms with Crippen molar-refractivity contribution in [2.75, 3.05) is 11.9 Å². The van der Waals surface area contributed by atoms with E-state index in [0.717, 1.165) is 0 Å². The molecule has 8 nitrogen and oxygen atoms in total. The topological polar surface area (TPSA) is 121 Å². The highest BCUT2D eigenvalue weighted by molar-refractivity contribution is 7.90. The second-order valence-electron chi connectivity index (χ2n) is 6.80. The highest BCUT2D eigenvalue weighted by Gasteiger charge is 2.16. The predicted molar refractivity (Wildman–Crippen MR) is 106 cm³/mol. The number of sulfonamides is 2. The third-order valence-electron chi connectivity index (χ3n) is 3.57. The van der Waals surface area contributed by atoms with Crippen molar-refractivity contribution in [3.63, 3.8) is 0 Å². The zero-order valence-electron chi connectivity index (χ0n) is 16.2. The van der Waals surface area contributed by atoms with Crippen LogP contribution in [0.4, 0.5) is 5.69 Å². The fourth-order valence-corrected chi connectivity index (χ4v) is 4.19. The molecule has 0 bridgehead atoms. The number of hydrogen-bond donors (Lipinski definition) is 3. The molecule has 0 heterocycles. The van der Waals surface area contributed by atoms with E-state index in [2.05, 4.69) is 14.8 Å². The summed E-state index contributed by atoms with van der Waals surface area (Å²) in [4.78, 5) is 12.1. The van der Waals surface area contributed by atoms with Crippen molar-refractivity contribution in [3.05, 3.63) is 24.3 Å². The van der Waals surface area contributed by atoms with E-state index >= 15 is 0 Å². The molecule has 0 saturated heterocycles. The summed E-state index contributed by atoms with van der Waals surface area (Å²) in [5.74, 6) is -0.256. The van der Waals surface area contributed by atoms with Crippen molar-refractivity contribution < 1.29 is 21.6 Å². The van der Waals surface area contributed by atoms with Gasteiger partial charge in [-0.3, -0.25) is 4.79 Å². The number of hydrogen-bond acceptors (Lipinski definition) is 5. The Morgan fingerprint density at radius 1 is 1.04 bits per heavy atom. The largest absolute Gasteiger partial charge is 0.326 e. The van der Waals surface area contributed by atoms with Crippen LogP contribution in [0.1, 0.15) is 47.0 Å². The van der Waals surface area contributed by atoms with Crippen LogP contribution in [0.5, 0.6) is 0 Å². The lowest BCUT2D eigenvalue weighted by atomic mass is 10.2. The maximum absolute atomic E-state index is 12.2. The van der Waals surface area contributed by atoms with Gasteiger partial charge < -0.3 is 5.32 Å². The lowest BCUT2D eigenvalue weighted by molar-refractivity contribution is -0.116. The first-order valence-electron chi connectivity index (χ1n) is 8.85. The molecule has 0 spiro atoms. The molecule has 0 saturated carbocycles. The van der Waals surface area contributed by atoms with Crippen LogP contribution in [-0.4, -0.2) is 40.6 Å². The quantitative estimate of drug-likeness (QED) is 0.472. The number of rotatable bonds is 11. The molecule has 1 aromatic carbocycles. The van der Waals surface area contributed by atoms with E-state index in [9.17, 15) is 21.6 Å². The van der Waals surface area contributed by atoms with Crippen LogP contribution in [0.2, 0.25) is 0 Å². The molecule has 27 heavy (non-hydrogen) atoms. The minimum absolute atomic E-state index is 0.0806. The molecular weight excluding hydrogens is 390 g/mol. The van der Waals surface area contributed by atoms with E-state index in [4.69, 9.17) is 0 Å². The van der Waals surface area contributed by atoms with Crippen LogP contribution in [0.3, 0.4) is 0 Å². The molecular formula is C17H29N3O5S2. The summed E-state index contributed by atoms with van der Waals surface area (Å²) in [6.45, 7) is 6.93. The lowest BCUT2D eigenvalue weighted by Crippen LogP contribution is -2.31. The van der Waals surface area contributed by atoms with Gasteiger partial charge in [0.05, 0.1) is 10.1 Å². The molecule has 154 valence electrons. The van der Waals surface area contributed by atoms with Crippen molar-refractivity contribution in [1.29, 1.82) is 0 Å². The summed E-state index contributed by atoms with van der Waals surface area (Å²) in [7, 11) is -6.92. The lowest BCUT2D eigenvalue weighted by Gasteiger charge is -2.11. The molecule has 0 fully saturated rings. The third kappa shape index (κ3) is 8.37. The van der Waals surface area contributed by atoms with Crippen LogP contribution in [0.15, 0.2) is 29.2 Å². The molecule has 0 unspecified atom stereocenters. The second-order valence-corrected chi connectivity index (χ2v) is 10.8. The first kappa shape index (κ1) is 23.5. The van der Waals surface area contributed by atoms with Crippen LogP contribution in [0, 0.1) is 0 Å². The van der Waals surface area contributed by atoms with E-state index in [1.165, 1.54) is 12.1 Å². The predicted octanol–water partition coefficient (Wildman–Crippen LogP) is 1.81. The van der Waals surface area contributed by atoms with Crippen LogP contribution < -0.4 is 14.8 Å². The fourth-order valence-electron chi connectivity index (χ4n) is 2.13. The second kappa shape index (κ2) is 10.2. The zero-order chi connectivity index (χ0) is 20.7.